The van der Waals surface area contributed by atoms with E-state index in [4.69, 9.17) is 0 Å². The highest BCUT2D eigenvalue weighted by atomic mass is 16.3. The van der Waals surface area contributed by atoms with Gasteiger partial charge < -0.3 is 15.3 Å². The number of hydrogen-bond acceptors (Lipinski definition) is 3. The zero-order valence-corrected chi connectivity index (χ0v) is 11.3. The van der Waals surface area contributed by atoms with Crippen molar-refractivity contribution in [1.82, 2.24) is 10.2 Å². The smallest absolute Gasteiger partial charge is 0.224 e. The van der Waals surface area contributed by atoms with Crippen molar-refractivity contribution in [3.63, 3.8) is 0 Å². The van der Waals surface area contributed by atoms with Crippen molar-refractivity contribution in [3.8, 4) is 0 Å². The van der Waals surface area contributed by atoms with Crippen LogP contribution in [-0.4, -0.2) is 47.2 Å². The Kier molecular flexibility index (Phi) is 5.40. The number of amides is 1. The van der Waals surface area contributed by atoms with Crippen LogP contribution in [0.4, 0.5) is 0 Å². The van der Waals surface area contributed by atoms with Crippen LogP contribution in [0.3, 0.4) is 0 Å². The van der Waals surface area contributed by atoms with Crippen LogP contribution in [0.25, 0.3) is 0 Å². The van der Waals surface area contributed by atoms with Gasteiger partial charge in [0.15, 0.2) is 0 Å². The number of hydrogen-bond donors (Lipinski definition) is 2. The maximum Gasteiger partial charge on any atom is 0.224 e. The highest BCUT2D eigenvalue weighted by Crippen LogP contribution is 2.30. The summed E-state index contributed by atoms with van der Waals surface area (Å²) in [5.74, 6) is 0.190. The van der Waals surface area contributed by atoms with Gasteiger partial charge in [0, 0.05) is 32.1 Å². The van der Waals surface area contributed by atoms with Crippen molar-refractivity contribution < 1.29 is 9.90 Å². The standard InChI is InChI=1S/C13H26N2O2/c1-4-15(5-2)12(16)9-11(3)14-10-13(17)7-6-8-13/h11,14,17H,4-10H2,1-3H3. The van der Waals surface area contributed by atoms with E-state index in [2.05, 4.69) is 5.32 Å². The largest absolute Gasteiger partial charge is 0.389 e. The molecule has 1 fully saturated rings. The van der Waals surface area contributed by atoms with E-state index in [1.165, 1.54) is 0 Å². The summed E-state index contributed by atoms with van der Waals surface area (Å²) in [4.78, 5) is 13.7. The first-order valence-corrected chi connectivity index (χ1v) is 6.74. The molecule has 0 bridgehead atoms. The monoisotopic (exact) mass is 242 g/mol. The van der Waals surface area contributed by atoms with Crippen molar-refractivity contribution in [1.29, 1.82) is 0 Å². The predicted molar refractivity (Wildman–Crippen MR) is 68.8 cm³/mol. The number of carbonyl (C=O) groups excluding carboxylic acids is 1. The number of carbonyl (C=O) groups is 1. The molecule has 4 heteroatoms. The van der Waals surface area contributed by atoms with Crippen molar-refractivity contribution in [2.24, 2.45) is 0 Å². The lowest BCUT2D eigenvalue weighted by atomic mass is 9.80. The molecule has 0 aromatic rings. The summed E-state index contributed by atoms with van der Waals surface area (Å²) in [7, 11) is 0. The third-order valence-electron chi connectivity index (χ3n) is 3.66. The third kappa shape index (κ3) is 4.28. The van der Waals surface area contributed by atoms with Gasteiger partial charge in [-0.25, -0.2) is 0 Å². The Labute approximate surface area is 104 Å². The van der Waals surface area contributed by atoms with Crippen LogP contribution in [0, 0.1) is 0 Å². The van der Waals surface area contributed by atoms with Crippen LogP contribution in [0.2, 0.25) is 0 Å². The molecule has 0 heterocycles. The minimum atomic E-state index is -0.507. The second-order valence-electron chi connectivity index (χ2n) is 5.13. The van der Waals surface area contributed by atoms with Crippen LogP contribution < -0.4 is 5.32 Å². The molecule has 4 nitrogen and oxygen atoms in total. The van der Waals surface area contributed by atoms with Gasteiger partial charge in [0.05, 0.1) is 5.60 Å². The summed E-state index contributed by atoms with van der Waals surface area (Å²) in [6, 6.07) is 0.132. The molecule has 17 heavy (non-hydrogen) atoms. The van der Waals surface area contributed by atoms with Crippen LogP contribution in [0.5, 0.6) is 0 Å². The van der Waals surface area contributed by atoms with Crippen LogP contribution in [0.15, 0.2) is 0 Å². The van der Waals surface area contributed by atoms with Crippen molar-refractivity contribution in [2.75, 3.05) is 19.6 Å². The summed E-state index contributed by atoms with van der Waals surface area (Å²) in [6.45, 7) is 8.15. The molecule has 1 aliphatic carbocycles. The molecule has 0 aromatic carbocycles. The minimum absolute atomic E-state index is 0.132. The first-order chi connectivity index (χ1) is 8.00. The first kappa shape index (κ1) is 14.5. The second-order valence-corrected chi connectivity index (χ2v) is 5.13. The molecule has 0 radical (unpaired) electrons. The number of nitrogens with zero attached hydrogens (tertiary/aromatic N) is 1. The van der Waals surface area contributed by atoms with Crippen LogP contribution >= 0.6 is 0 Å². The third-order valence-corrected chi connectivity index (χ3v) is 3.66. The van der Waals surface area contributed by atoms with Crippen LogP contribution in [0.1, 0.15) is 46.5 Å². The fourth-order valence-corrected chi connectivity index (χ4v) is 2.17. The predicted octanol–water partition coefficient (Wildman–Crippen LogP) is 1.14. The van der Waals surface area contributed by atoms with Gasteiger partial charge in [-0.05, 0) is 40.0 Å². The maximum atomic E-state index is 11.8. The first-order valence-electron chi connectivity index (χ1n) is 6.74. The molecular weight excluding hydrogens is 216 g/mol. The summed E-state index contributed by atoms with van der Waals surface area (Å²) >= 11 is 0. The van der Waals surface area contributed by atoms with E-state index in [0.29, 0.717) is 13.0 Å². The van der Waals surface area contributed by atoms with E-state index in [9.17, 15) is 9.90 Å². The lowest BCUT2D eigenvalue weighted by Crippen LogP contribution is -2.49. The Balaban J connectivity index is 2.23. The van der Waals surface area contributed by atoms with Gasteiger partial charge in [-0.3, -0.25) is 4.79 Å². The zero-order chi connectivity index (χ0) is 12.9. The molecule has 1 unspecified atom stereocenters. The molecule has 0 aliphatic heterocycles. The van der Waals surface area contributed by atoms with E-state index in [0.717, 1.165) is 32.4 Å². The lowest BCUT2D eigenvalue weighted by molar-refractivity contribution is -0.131. The van der Waals surface area contributed by atoms with Gasteiger partial charge in [-0.1, -0.05) is 0 Å². The molecule has 1 saturated carbocycles. The Bertz CT molecular complexity index is 248. The van der Waals surface area contributed by atoms with Crippen molar-refractivity contribution in [2.45, 2.75) is 58.1 Å². The van der Waals surface area contributed by atoms with Gasteiger partial charge >= 0.3 is 0 Å². The number of aliphatic hydroxyl groups is 1. The molecule has 0 aromatic heterocycles. The van der Waals surface area contributed by atoms with E-state index >= 15 is 0 Å². The van der Waals surface area contributed by atoms with E-state index in [-0.39, 0.29) is 11.9 Å². The molecule has 1 atom stereocenters. The summed E-state index contributed by atoms with van der Waals surface area (Å²) in [5.41, 5.74) is -0.507. The fraction of sp³-hybridized carbons (Fsp3) is 0.923. The highest BCUT2D eigenvalue weighted by Gasteiger charge is 2.34. The lowest BCUT2D eigenvalue weighted by Gasteiger charge is -2.37. The average Bonchev–Trinajstić information content (AvgIpc) is 2.25. The number of nitrogens with one attached hydrogen (secondary N) is 1. The van der Waals surface area contributed by atoms with Gasteiger partial charge in [0.1, 0.15) is 0 Å². The molecule has 0 spiro atoms. The summed E-state index contributed by atoms with van der Waals surface area (Å²) in [6.07, 6.45) is 3.40. The molecule has 2 N–H and O–H groups in total. The molecular formula is C13H26N2O2. The topological polar surface area (TPSA) is 52.6 Å². The Morgan fingerprint density at radius 2 is 2.00 bits per heavy atom. The molecule has 100 valence electrons. The zero-order valence-electron chi connectivity index (χ0n) is 11.3. The second kappa shape index (κ2) is 6.36. The van der Waals surface area contributed by atoms with Gasteiger partial charge in [-0.15, -0.1) is 0 Å². The average molecular weight is 242 g/mol. The van der Waals surface area contributed by atoms with Crippen LogP contribution in [-0.2, 0) is 4.79 Å². The molecule has 1 aliphatic rings. The normalized spacial score (nSPS) is 19.5. The van der Waals surface area contributed by atoms with Gasteiger partial charge in [0.25, 0.3) is 0 Å². The van der Waals surface area contributed by atoms with Gasteiger partial charge in [-0.2, -0.15) is 0 Å². The Morgan fingerprint density at radius 3 is 2.41 bits per heavy atom. The van der Waals surface area contributed by atoms with E-state index in [1.54, 1.807) is 0 Å². The quantitative estimate of drug-likeness (QED) is 0.704. The van der Waals surface area contributed by atoms with Gasteiger partial charge in [0.2, 0.25) is 5.91 Å². The summed E-state index contributed by atoms with van der Waals surface area (Å²) in [5, 5.41) is 13.2. The van der Waals surface area contributed by atoms with Crippen molar-refractivity contribution >= 4 is 5.91 Å². The number of rotatable bonds is 7. The molecule has 1 rings (SSSR count). The minimum Gasteiger partial charge on any atom is -0.389 e. The molecule has 0 saturated heterocycles. The van der Waals surface area contributed by atoms with E-state index < -0.39 is 5.60 Å². The SMILES string of the molecule is CCN(CC)C(=O)CC(C)NCC1(O)CCC1. The molecule has 1 amide bonds. The fourth-order valence-electron chi connectivity index (χ4n) is 2.17. The Morgan fingerprint density at radius 1 is 1.41 bits per heavy atom. The van der Waals surface area contributed by atoms with Crippen molar-refractivity contribution in [3.05, 3.63) is 0 Å². The maximum absolute atomic E-state index is 11.8. The Hall–Kier alpha value is -0.610. The summed E-state index contributed by atoms with van der Waals surface area (Å²) < 4.78 is 0. The highest BCUT2D eigenvalue weighted by molar-refractivity contribution is 5.76. The van der Waals surface area contributed by atoms with E-state index in [1.807, 2.05) is 25.7 Å².